The Balaban J connectivity index is 0.00000158. The minimum absolute atomic E-state index is 0.923. The lowest BCUT2D eigenvalue weighted by Crippen LogP contribution is -2.15. The second-order valence-electron chi connectivity index (χ2n) is 7.82. The van der Waals surface area contributed by atoms with Gasteiger partial charge < -0.3 is 0 Å². The molecule has 0 radical (unpaired) electrons. The van der Waals surface area contributed by atoms with Gasteiger partial charge in [0.1, 0.15) is 0 Å². The van der Waals surface area contributed by atoms with E-state index in [2.05, 4.69) is 45.1 Å². The molecule has 0 saturated heterocycles. The van der Waals surface area contributed by atoms with Gasteiger partial charge in [0.15, 0.2) is 0 Å². The first-order chi connectivity index (χ1) is 13.3. The van der Waals surface area contributed by atoms with Gasteiger partial charge in [-0.15, -0.1) is 0 Å². The van der Waals surface area contributed by atoms with Gasteiger partial charge in [0.2, 0.25) is 0 Å². The molecule has 27 heavy (non-hydrogen) atoms. The van der Waals surface area contributed by atoms with Crippen molar-refractivity contribution in [2.45, 2.75) is 119 Å². The van der Waals surface area contributed by atoms with Gasteiger partial charge >= 0.3 is 0 Å². The molecule has 0 heteroatoms. The molecule has 158 valence electrons. The van der Waals surface area contributed by atoms with Crippen LogP contribution >= 0.6 is 0 Å². The van der Waals surface area contributed by atoms with Gasteiger partial charge in [0, 0.05) is 0 Å². The highest BCUT2D eigenvalue weighted by molar-refractivity contribution is 5.30. The maximum absolute atomic E-state index is 2.46. The molecule has 0 spiro atoms. The summed E-state index contributed by atoms with van der Waals surface area (Å²) >= 11 is 0. The minimum atomic E-state index is 0.923. The average Bonchev–Trinajstić information content (AvgIpc) is 3.11. The molecule has 2 rings (SSSR count). The smallest absolute Gasteiger partial charge is 0.0130 e. The lowest BCUT2D eigenvalue weighted by Gasteiger charge is -2.27. The molecule has 0 bridgehead atoms. The van der Waals surface area contributed by atoms with E-state index in [4.69, 9.17) is 0 Å². The summed E-state index contributed by atoms with van der Waals surface area (Å²) in [5, 5.41) is 0. The SMILES string of the molecule is CC.CC.CCC[C@@H](CC1=CC=CC(CC)=CC1)C1CCCC(CC)CC1. The number of hydrogen-bond donors (Lipinski definition) is 0. The fourth-order valence-electron chi connectivity index (χ4n) is 4.62. The van der Waals surface area contributed by atoms with Crippen molar-refractivity contribution in [3.8, 4) is 0 Å². The highest BCUT2D eigenvalue weighted by atomic mass is 14.3. The standard InChI is InChI=1S/C23H38.2C2H6/c1-4-9-23(22-13-8-11-20(6-3)16-17-22)18-21-12-7-10-19(5-2)14-15-21;2*1-2/h7,10,12,14,20,22-23H,4-6,8-9,11,13,15-18H2,1-3H3;2*1-2H3/t20?,22?,23-;;/m0../s1. The van der Waals surface area contributed by atoms with Crippen LogP contribution in [0.2, 0.25) is 0 Å². The van der Waals surface area contributed by atoms with E-state index in [-0.39, 0.29) is 0 Å². The van der Waals surface area contributed by atoms with Crippen LogP contribution < -0.4 is 0 Å². The summed E-state index contributed by atoms with van der Waals surface area (Å²) in [5.74, 6) is 2.92. The van der Waals surface area contributed by atoms with Crippen LogP contribution in [-0.2, 0) is 0 Å². The molecule has 2 aliphatic carbocycles. The zero-order valence-corrected chi connectivity index (χ0v) is 19.8. The molecule has 0 aromatic rings. The maximum Gasteiger partial charge on any atom is -0.0130 e. The molecule has 0 aromatic heterocycles. The van der Waals surface area contributed by atoms with Gasteiger partial charge in [-0.2, -0.15) is 0 Å². The number of allylic oxidation sites excluding steroid dienone is 6. The summed E-state index contributed by atoms with van der Waals surface area (Å²) in [6, 6.07) is 0. The van der Waals surface area contributed by atoms with Crippen LogP contribution in [0.5, 0.6) is 0 Å². The van der Waals surface area contributed by atoms with Gasteiger partial charge in [-0.25, -0.2) is 0 Å². The van der Waals surface area contributed by atoms with Gasteiger partial charge in [0.05, 0.1) is 0 Å². The third-order valence-electron chi connectivity index (χ3n) is 6.24. The van der Waals surface area contributed by atoms with Crippen molar-refractivity contribution in [1.29, 1.82) is 0 Å². The summed E-state index contributed by atoms with van der Waals surface area (Å²) in [5.41, 5.74) is 3.17. The van der Waals surface area contributed by atoms with Crippen LogP contribution in [0.25, 0.3) is 0 Å². The largest absolute Gasteiger partial charge is 0.0773 e. The van der Waals surface area contributed by atoms with Gasteiger partial charge in [-0.05, 0) is 43.4 Å². The zero-order valence-electron chi connectivity index (χ0n) is 19.8. The molecule has 0 N–H and O–H groups in total. The van der Waals surface area contributed by atoms with E-state index in [0.717, 1.165) is 24.2 Å². The first kappa shape index (κ1) is 26.2. The highest BCUT2D eigenvalue weighted by Crippen LogP contribution is 2.38. The predicted molar refractivity (Wildman–Crippen MR) is 126 cm³/mol. The molecule has 1 saturated carbocycles. The fraction of sp³-hybridized carbons (Fsp3) is 0.778. The van der Waals surface area contributed by atoms with Crippen molar-refractivity contribution in [1.82, 2.24) is 0 Å². The summed E-state index contributed by atoms with van der Waals surface area (Å²) in [6.07, 6.45) is 24.7. The van der Waals surface area contributed by atoms with Crippen LogP contribution in [0.15, 0.2) is 35.5 Å². The summed E-state index contributed by atoms with van der Waals surface area (Å²) in [6.45, 7) is 15.0. The van der Waals surface area contributed by atoms with Crippen LogP contribution in [-0.4, -0.2) is 0 Å². The van der Waals surface area contributed by atoms with E-state index >= 15 is 0 Å². The monoisotopic (exact) mass is 374 g/mol. The average molecular weight is 375 g/mol. The molecular formula is C27H50. The van der Waals surface area contributed by atoms with Crippen molar-refractivity contribution in [3.05, 3.63) is 35.5 Å². The lowest BCUT2D eigenvalue weighted by atomic mass is 9.78. The molecular weight excluding hydrogens is 324 g/mol. The van der Waals surface area contributed by atoms with Crippen LogP contribution in [0.3, 0.4) is 0 Å². The van der Waals surface area contributed by atoms with E-state index in [1.54, 1.807) is 5.57 Å². The second kappa shape index (κ2) is 17.3. The Labute approximate surface area is 172 Å². The molecule has 0 aliphatic heterocycles. The van der Waals surface area contributed by atoms with E-state index in [1.807, 2.05) is 27.7 Å². The lowest BCUT2D eigenvalue weighted by molar-refractivity contribution is 0.272. The van der Waals surface area contributed by atoms with E-state index in [0.29, 0.717) is 0 Å². The Bertz CT molecular complexity index is 423. The molecule has 0 aromatic carbocycles. The Hall–Kier alpha value is -0.780. The molecule has 0 nitrogen and oxygen atoms in total. The van der Waals surface area contributed by atoms with Crippen molar-refractivity contribution >= 4 is 0 Å². The van der Waals surface area contributed by atoms with Crippen LogP contribution in [0.4, 0.5) is 0 Å². The minimum Gasteiger partial charge on any atom is -0.0773 e. The molecule has 1 fully saturated rings. The molecule has 2 aliphatic rings. The Morgan fingerprint density at radius 1 is 0.963 bits per heavy atom. The van der Waals surface area contributed by atoms with Crippen LogP contribution in [0, 0.1) is 17.8 Å². The van der Waals surface area contributed by atoms with E-state index in [9.17, 15) is 0 Å². The van der Waals surface area contributed by atoms with E-state index < -0.39 is 0 Å². The predicted octanol–water partition coefficient (Wildman–Crippen LogP) is 9.67. The molecule has 2 unspecified atom stereocenters. The summed E-state index contributed by atoms with van der Waals surface area (Å²) in [7, 11) is 0. The van der Waals surface area contributed by atoms with Gasteiger partial charge in [-0.1, -0.05) is 129 Å². The summed E-state index contributed by atoms with van der Waals surface area (Å²) < 4.78 is 0. The Morgan fingerprint density at radius 3 is 2.33 bits per heavy atom. The zero-order chi connectivity index (χ0) is 20.5. The number of rotatable bonds is 7. The fourth-order valence-corrected chi connectivity index (χ4v) is 4.62. The Morgan fingerprint density at radius 2 is 1.70 bits per heavy atom. The quantitative estimate of drug-likeness (QED) is 0.389. The summed E-state index contributed by atoms with van der Waals surface area (Å²) in [4.78, 5) is 0. The third kappa shape index (κ3) is 10.4. The van der Waals surface area contributed by atoms with Crippen molar-refractivity contribution in [2.24, 2.45) is 17.8 Å². The van der Waals surface area contributed by atoms with Gasteiger partial charge in [-0.3, -0.25) is 0 Å². The van der Waals surface area contributed by atoms with Crippen molar-refractivity contribution in [2.75, 3.05) is 0 Å². The maximum atomic E-state index is 2.46. The topological polar surface area (TPSA) is 0 Å². The van der Waals surface area contributed by atoms with Crippen LogP contribution in [0.1, 0.15) is 119 Å². The van der Waals surface area contributed by atoms with E-state index in [1.165, 1.54) is 69.8 Å². The highest BCUT2D eigenvalue weighted by Gasteiger charge is 2.25. The molecule has 0 amide bonds. The normalized spacial score (nSPS) is 23.4. The third-order valence-corrected chi connectivity index (χ3v) is 6.24. The second-order valence-corrected chi connectivity index (χ2v) is 7.82. The first-order valence-electron chi connectivity index (χ1n) is 12.3. The van der Waals surface area contributed by atoms with Crippen molar-refractivity contribution in [3.63, 3.8) is 0 Å². The molecule has 0 heterocycles. The number of hydrogen-bond acceptors (Lipinski definition) is 0. The van der Waals surface area contributed by atoms with Gasteiger partial charge in [0.25, 0.3) is 0 Å². The molecule has 3 atom stereocenters. The Kier molecular flexibility index (Phi) is 16.8. The van der Waals surface area contributed by atoms with Crippen molar-refractivity contribution < 1.29 is 0 Å². The first-order valence-corrected chi connectivity index (χ1v) is 12.3.